The topological polar surface area (TPSA) is 62.3 Å². The fourth-order valence-corrected chi connectivity index (χ4v) is 4.27. The fourth-order valence-electron chi connectivity index (χ4n) is 4.27. The van der Waals surface area contributed by atoms with E-state index in [1.54, 1.807) is 6.07 Å². The van der Waals surface area contributed by atoms with Crippen LogP contribution in [0.5, 0.6) is 5.75 Å². The first kappa shape index (κ1) is 20.5. The van der Waals surface area contributed by atoms with Gasteiger partial charge in [0.2, 0.25) is 5.95 Å². The van der Waals surface area contributed by atoms with Crippen molar-refractivity contribution < 1.29 is 13.5 Å². The SMILES string of the molecule is CC(C)N1CCOc2c(F)cc(-c3nc(Nc4ccc5c(c4)NCCC5)ncc3F)cc21. The van der Waals surface area contributed by atoms with Gasteiger partial charge >= 0.3 is 0 Å². The molecule has 0 radical (unpaired) electrons. The summed E-state index contributed by atoms with van der Waals surface area (Å²) in [5.41, 5.74) is 4.13. The lowest BCUT2D eigenvalue weighted by molar-refractivity contribution is 0.287. The van der Waals surface area contributed by atoms with Gasteiger partial charge in [-0.2, -0.15) is 0 Å². The van der Waals surface area contributed by atoms with Gasteiger partial charge in [-0.05, 0) is 56.5 Å². The highest BCUT2D eigenvalue weighted by Gasteiger charge is 2.25. The van der Waals surface area contributed by atoms with Crippen molar-refractivity contribution in [3.8, 4) is 17.0 Å². The number of nitrogens with one attached hydrogen (secondary N) is 2. The second kappa shape index (κ2) is 8.26. The molecule has 0 amide bonds. The molecule has 2 N–H and O–H groups in total. The molecule has 1 aromatic heterocycles. The van der Waals surface area contributed by atoms with Crippen LogP contribution < -0.4 is 20.3 Å². The molecule has 0 atom stereocenters. The predicted octanol–water partition coefficient (Wildman–Crippen LogP) is 5.13. The molecule has 3 heterocycles. The monoisotopic (exact) mass is 437 g/mol. The van der Waals surface area contributed by atoms with Crippen LogP contribution in [0.25, 0.3) is 11.3 Å². The summed E-state index contributed by atoms with van der Waals surface area (Å²) in [6, 6.07) is 9.16. The van der Waals surface area contributed by atoms with Crippen LogP contribution in [0, 0.1) is 11.6 Å². The third-order valence-corrected chi connectivity index (χ3v) is 5.86. The number of hydrogen-bond donors (Lipinski definition) is 2. The first-order valence-electron chi connectivity index (χ1n) is 10.9. The summed E-state index contributed by atoms with van der Waals surface area (Å²) in [7, 11) is 0. The summed E-state index contributed by atoms with van der Waals surface area (Å²) in [5.74, 6) is -0.707. The number of fused-ring (bicyclic) bond motifs is 2. The molecule has 0 aliphatic carbocycles. The minimum atomic E-state index is -0.616. The number of anilines is 4. The van der Waals surface area contributed by atoms with Gasteiger partial charge in [0, 0.05) is 29.5 Å². The molecule has 166 valence electrons. The van der Waals surface area contributed by atoms with Gasteiger partial charge in [0.25, 0.3) is 0 Å². The van der Waals surface area contributed by atoms with E-state index in [0.717, 1.165) is 37.0 Å². The van der Waals surface area contributed by atoms with Crippen molar-refractivity contribution in [3.63, 3.8) is 0 Å². The highest BCUT2D eigenvalue weighted by molar-refractivity contribution is 5.73. The Morgan fingerprint density at radius 3 is 2.88 bits per heavy atom. The van der Waals surface area contributed by atoms with Gasteiger partial charge in [-0.25, -0.2) is 18.7 Å². The Morgan fingerprint density at radius 1 is 1.16 bits per heavy atom. The van der Waals surface area contributed by atoms with Gasteiger partial charge < -0.3 is 20.3 Å². The zero-order valence-corrected chi connectivity index (χ0v) is 18.1. The first-order valence-corrected chi connectivity index (χ1v) is 10.9. The summed E-state index contributed by atoms with van der Waals surface area (Å²) in [6.45, 7) is 6.04. The third kappa shape index (κ3) is 3.81. The molecule has 2 aromatic carbocycles. The fraction of sp³-hybridized carbons (Fsp3) is 0.333. The lowest BCUT2D eigenvalue weighted by Gasteiger charge is -2.34. The van der Waals surface area contributed by atoms with E-state index in [4.69, 9.17) is 4.74 Å². The number of aromatic nitrogens is 2. The van der Waals surface area contributed by atoms with Gasteiger partial charge in [-0.15, -0.1) is 0 Å². The van der Waals surface area contributed by atoms with Crippen molar-refractivity contribution in [3.05, 3.63) is 53.7 Å². The molecule has 2 aliphatic rings. The number of halogens is 2. The Balaban J connectivity index is 1.49. The molecular weight excluding hydrogens is 412 g/mol. The van der Waals surface area contributed by atoms with E-state index in [1.165, 1.54) is 11.6 Å². The van der Waals surface area contributed by atoms with Gasteiger partial charge in [0.05, 0.1) is 18.4 Å². The van der Waals surface area contributed by atoms with E-state index in [-0.39, 0.29) is 23.4 Å². The van der Waals surface area contributed by atoms with E-state index in [1.807, 2.05) is 30.9 Å². The largest absolute Gasteiger partial charge is 0.486 e. The third-order valence-electron chi connectivity index (χ3n) is 5.86. The Kier molecular flexibility index (Phi) is 5.28. The average molecular weight is 437 g/mol. The molecular formula is C24H25F2N5O. The van der Waals surface area contributed by atoms with E-state index >= 15 is 0 Å². The Morgan fingerprint density at radius 2 is 2.03 bits per heavy atom. The molecule has 0 fully saturated rings. The molecule has 5 rings (SSSR count). The van der Waals surface area contributed by atoms with Crippen molar-refractivity contribution in [1.29, 1.82) is 0 Å². The maximum Gasteiger partial charge on any atom is 0.227 e. The Bertz CT molecular complexity index is 1170. The zero-order chi connectivity index (χ0) is 22.2. The van der Waals surface area contributed by atoms with Gasteiger partial charge in [0.15, 0.2) is 17.4 Å². The van der Waals surface area contributed by atoms with Crippen LogP contribution in [0.3, 0.4) is 0 Å². The van der Waals surface area contributed by atoms with E-state index in [2.05, 4.69) is 26.7 Å². The molecule has 0 saturated heterocycles. The molecule has 0 bridgehead atoms. The van der Waals surface area contributed by atoms with Crippen molar-refractivity contribution in [2.75, 3.05) is 35.2 Å². The molecule has 32 heavy (non-hydrogen) atoms. The summed E-state index contributed by atoms with van der Waals surface area (Å²) in [5, 5.41) is 6.52. The van der Waals surface area contributed by atoms with Crippen molar-refractivity contribution in [1.82, 2.24) is 9.97 Å². The van der Waals surface area contributed by atoms with Crippen LogP contribution in [0.1, 0.15) is 25.8 Å². The van der Waals surface area contributed by atoms with Gasteiger partial charge in [-0.3, -0.25) is 0 Å². The van der Waals surface area contributed by atoms with Crippen LogP contribution >= 0.6 is 0 Å². The lowest BCUT2D eigenvalue weighted by atomic mass is 10.0. The summed E-state index contributed by atoms with van der Waals surface area (Å²) in [6.07, 6.45) is 3.26. The highest BCUT2D eigenvalue weighted by atomic mass is 19.1. The minimum absolute atomic E-state index is 0.0366. The normalized spacial score (nSPS) is 15.0. The predicted molar refractivity (Wildman–Crippen MR) is 122 cm³/mol. The summed E-state index contributed by atoms with van der Waals surface area (Å²) in [4.78, 5) is 10.5. The van der Waals surface area contributed by atoms with E-state index in [0.29, 0.717) is 24.4 Å². The van der Waals surface area contributed by atoms with Crippen LogP contribution in [-0.2, 0) is 6.42 Å². The number of rotatable bonds is 4. The average Bonchev–Trinajstić information content (AvgIpc) is 2.79. The molecule has 8 heteroatoms. The highest BCUT2D eigenvalue weighted by Crippen LogP contribution is 2.39. The molecule has 2 aliphatic heterocycles. The van der Waals surface area contributed by atoms with Crippen molar-refractivity contribution in [2.24, 2.45) is 0 Å². The van der Waals surface area contributed by atoms with Gasteiger partial charge in [0.1, 0.15) is 12.3 Å². The number of nitrogens with zero attached hydrogens (tertiary/aromatic N) is 3. The summed E-state index contributed by atoms with van der Waals surface area (Å²) >= 11 is 0. The smallest absolute Gasteiger partial charge is 0.227 e. The first-order chi connectivity index (χ1) is 15.5. The quantitative estimate of drug-likeness (QED) is 0.590. The molecule has 0 spiro atoms. The number of benzene rings is 2. The Hall–Kier alpha value is -3.42. The molecule has 0 saturated carbocycles. The maximum absolute atomic E-state index is 14.9. The zero-order valence-electron chi connectivity index (χ0n) is 18.1. The lowest BCUT2D eigenvalue weighted by Crippen LogP contribution is -2.38. The molecule has 3 aromatic rings. The number of ether oxygens (including phenoxy) is 1. The standard InChI is InChI=1S/C24H25F2N5O/c1-14(2)31-8-9-32-23-18(25)10-16(11-21(23)31)22-19(26)13-28-24(30-22)29-17-6-5-15-4-3-7-27-20(15)12-17/h5-6,10-14,27H,3-4,7-9H2,1-2H3,(H,28,29,30). The number of aryl methyl sites for hydroxylation is 1. The minimum Gasteiger partial charge on any atom is -0.486 e. The van der Waals surface area contributed by atoms with Crippen LogP contribution in [-0.4, -0.2) is 35.7 Å². The van der Waals surface area contributed by atoms with Crippen molar-refractivity contribution >= 4 is 23.0 Å². The maximum atomic E-state index is 14.9. The summed E-state index contributed by atoms with van der Waals surface area (Å²) < 4.78 is 35.1. The van der Waals surface area contributed by atoms with E-state index in [9.17, 15) is 8.78 Å². The van der Waals surface area contributed by atoms with Crippen LogP contribution in [0.15, 0.2) is 36.5 Å². The molecule has 0 unspecified atom stereocenters. The van der Waals surface area contributed by atoms with Gasteiger partial charge in [-0.1, -0.05) is 6.07 Å². The van der Waals surface area contributed by atoms with E-state index < -0.39 is 11.6 Å². The second-order valence-corrected chi connectivity index (χ2v) is 8.36. The molecule has 6 nitrogen and oxygen atoms in total. The van der Waals surface area contributed by atoms with Crippen LogP contribution in [0.2, 0.25) is 0 Å². The van der Waals surface area contributed by atoms with Crippen LogP contribution in [0.4, 0.5) is 31.8 Å². The Labute approximate surface area is 185 Å². The second-order valence-electron chi connectivity index (χ2n) is 8.36. The van der Waals surface area contributed by atoms with Crippen molar-refractivity contribution in [2.45, 2.75) is 32.7 Å². The number of hydrogen-bond acceptors (Lipinski definition) is 6.